The van der Waals surface area contributed by atoms with Crippen LogP contribution in [0.4, 0.5) is 0 Å². The van der Waals surface area contributed by atoms with Gasteiger partial charge in [0.1, 0.15) is 5.76 Å². The van der Waals surface area contributed by atoms with E-state index in [0.29, 0.717) is 17.5 Å². The molecule has 4 rings (SSSR count). The Hall–Kier alpha value is -1.85. The molecule has 0 aromatic carbocycles. The van der Waals surface area contributed by atoms with Gasteiger partial charge in [0.05, 0.1) is 0 Å². The average molecular weight is 373 g/mol. The van der Waals surface area contributed by atoms with Crippen molar-refractivity contribution in [3.8, 4) is 0 Å². The second-order valence-corrected chi connectivity index (χ2v) is 8.51. The van der Waals surface area contributed by atoms with E-state index in [4.69, 9.17) is 4.52 Å². The summed E-state index contributed by atoms with van der Waals surface area (Å²) >= 11 is 0. The van der Waals surface area contributed by atoms with Crippen molar-refractivity contribution in [3.05, 3.63) is 17.5 Å². The maximum absolute atomic E-state index is 13.0. The van der Waals surface area contributed by atoms with E-state index in [9.17, 15) is 9.59 Å². The standard InChI is InChI=1S/C21H31N3O3/c1-2-17-12-16(10-11-24(17)21(26)15-6-4-3-5-7-15)22-20(25)18-13-19(27-23-18)14-8-9-14/h13-17H,2-12H2,1H3,(H,22,25). The molecular weight excluding hydrogens is 342 g/mol. The number of rotatable bonds is 5. The van der Waals surface area contributed by atoms with Gasteiger partial charge in [-0.25, -0.2) is 0 Å². The van der Waals surface area contributed by atoms with E-state index in [1.54, 1.807) is 6.07 Å². The Morgan fingerprint density at radius 3 is 2.67 bits per heavy atom. The zero-order valence-corrected chi connectivity index (χ0v) is 16.3. The highest BCUT2D eigenvalue weighted by Gasteiger charge is 2.35. The molecule has 2 unspecified atom stereocenters. The van der Waals surface area contributed by atoms with Crippen molar-refractivity contribution < 1.29 is 14.1 Å². The predicted molar refractivity (Wildman–Crippen MR) is 101 cm³/mol. The third-order valence-corrected chi connectivity index (χ3v) is 6.50. The third-order valence-electron chi connectivity index (χ3n) is 6.50. The van der Waals surface area contributed by atoms with Crippen molar-refractivity contribution in [2.24, 2.45) is 5.92 Å². The fourth-order valence-corrected chi connectivity index (χ4v) is 4.66. The van der Waals surface area contributed by atoms with Crippen LogP contribution < -0.4 is 5.32 Å². The minimum Gasteiger partial charge on any atom is -0.360 e. The van der Waals surface area contributed by atoms with Crippen molar-refractivity contribution >= 4 is 11.8 Å². The van der Waals surface area contributed by atoms with Gasteiger partial charge >= 0.3 is 0 Å². The van der Waals surface area contributed by atoms with E-state index >= 15 is 0 Å². The highest BCUT2D eigenvalue weighted by molar-refractivity contribution is 5.92. The van der Waals surface area contributed by atoms with Gasteiger partial charge in [-0.3, -0.25) is 9.59 Å². The molecule has 1 aromatic rings. The topological polar surface area (TPSA) is 75.4 Å². The summed E-state index contributed by atoms with van der Waals surface area (Å²) in [6, 6.07) is 2.10. The molecule has 3 fully saturated rings. The Morgan fingerprint density at radius 2 is 1.96 bits per heavy atom. The molecule has 2 aliphatic carbocycles. The fourth-order valence-electron chi connectivity index (χ4n) is 4.66. The minimum absolute atomic E-state index is 0.0962. The number of nitrogens with zero attached hydrogens (tertiary/aromatic N) is 2. The smallest absolute Gasteiger partial charge is 0.273 e. The number of aromatic nitrogens is 1. The van der Waals surface area contributed by atoms with Crippen molar-refractivity contribution in [1.29, 1.82) is 0 Å². The number of likely N-dealkylation sites (tertiary alicyclic amines) is 1. The van der Waals surface area contributed by atoms with Crippen molar-refractivity contribution in [1.82, 2.24) is 15.4 Å². The molecule has 3 aliphatic rings. The van der Waals surface area contributed by atoms with E-state index in [0.717, 1.165) is 57.3 Å². The zero-order valence-electron chi connectivity index (χ0n) is 16.3. The van der Waals surface area contributed by atoms with Crippen LogP contribution in [0.15, 0.2) is 10.6 Å². The predicted octanol–water partition coefficient (Wildman–Crippen LogP) is 3.63. The second kappa shape index (κ2) is 8.03. The summed E-state index contributed by atoms with van der Waals surface area (Å²) in [5.74, 6) is 1.70. The summed E-state index contributed by atoms with van der Waals surface area (Å²) in [6.45, 7) is 2.88. The number of carbonyl (C=O) groups excluding carboxylic acids is 2. The first-order chi connectivity index (χ1) is 13.2. The first-order valence-corrected chi connectivity index (χ1v) is 10.7. The Balaban J connectivity index is 1.33. The summed E-state index contributed by atoms with van der Waals surface area (Å²) in [5, 5.41) is 7.05. The average Bonchev–Trinajstić information content (AvgIpc) is 3.44. The molecule has 6 nitrogen and oxygen atoms in total. The number of nitrogens with one attached hydrogen (secondary N) is 1. The van der Waals surface area contributed by atoms with Gasteiger partial charge in [0.25, 0.3) is 5.91 Å². The van der Waals surface area contributed by atoms with Gasteiger partial charge in [-0.1, -0.05) is 31.3 Å². The number of amides is 2. The van der Waals surface area contributed by atoms with Crippen molar-refractivity contribution in [2.45, 2.75) is 89.1 Å². The van der Waals surface area contributed by atoms with Crippen LogP contribution in [0.1, 0.15) is 93.3 Å². The molecule has 27 heavy (non-hydrogen) atoms. The van der Waals surface area contributed by atoms with Gasteiger partial charge in [-0.2, -0.15) is 0 Å². The number of hydrogen-bond donors (Lipinski definition) is 1. The maximum atomic E-state index is 13.0. The van der Waals surface area contributed by atoms with Crippen LogP contribution in [0.25, 0.3) is 0 Å². The van der Waals surface area contributed by atoms with Gasteiger partial charge in [-0.15, -0.1) is 0 Å². The number of carbonyl (C=O) groups is 2. The lowest BCUT2D eigenvalue weighted by Gasteiger charge is -2.41. The van der Waals surface area contributed by atoms with E-state index < -0.39 is 0 Å². The van der Waals surface area contributed by atoms with Gasteiger partial charge in [0, 0.05) is 36.5 Å². The summed E-state index contributed by atoms with van der Waals surface area (Å²) < 4.78 is 5.29. The molecule has 1 aliphatic heterocycles. The lowest BCUT2D eigenvalue weighted by atomic mass is 9.86. The quantitative estimate of drug-likeness (QED) is 0.855. The molecule has 6 heteroatoms. The Morgan fingerprint density at radius 1 is 1.19 bits per heavy atom. The molecule has 1 aromatic heterocycles. The Bertz CT molecular complexity index is 676. The molecular formula is C21H31N3O3. The maximum Gasteiger partial charge on any atom is 0.273 e. The molecule has 0 radical (unpaired) electrons. The van der Waals surface area contributed by atoms with Crippen LogP contribution >= 0.6 is 0 Å². The lowest BCUT2D eigenvalue weighted by molar-refractivity contribution is -0.140. The number of piperidine rings is 1. The molecule has 0 spiro atoms. The molecule has 2 saturated carbocycles. The SMILES string of the molecule is CCC1CC(NC(=O)c2cc(C3CC3)on2)CCN1C(=O)C1CCCCC1. The van der Waals surface area contributed by atoms with Gasteiger partial charge in [0.15, 0.2) is 5.69 Å². The largest absolute Gasteiger partial charge is 0.360 e. The fraction of sp³-hybridized carbons (Fsp3) is 0.762. The zero-order chi connectivity index (χ0) is 18.8. The van der Waals surface area contributed by atoms with E-state index in [-0.39, 0.29) is 23.9 Å². The highest BCUT2D eigenvalue weighted by Crippen LogP contribution is 2.40. The summed E-state index contributed by atoms with van der Waals surface area (Å²) in [6.07, 6.45) is 10.5. The number of hydrogen-bond acceptors (Lipinski definition) is 4. The van der Waals surface area contributed by atoms with E-state index in [2.05, 4.69) is 22.3 Å². The highest BCUT2D eigenvalue weighted by atomic mass is 16.5. The minimum atomic E-state index is -0.155. The van der Waals surface area contributed by atoms with Crippen molar-refractivity contribution in [2.75, 3.05) is 6.54 Å². The molecule has 148 valence electrons. The molecule has 2 atom stereocenters. The molecule has 2 amide bonds. The second-order valence-electron chi connectivity index (χ2n) is 8.51. The Labute approximate surface area is 161 Å². The molecule has 1 saturated heterocycles. The van der Waals surface area contributed by atoms with Gasteiger partial charge in [-0.05, 0) is 44.9 Å². The van der Waals surface area contributed by atoms with E-state index in [1.807, 2.05) is 0 Å². The van der Waals surface area contributed by atoms with Crippen LogP contribution in [-0.4, -0.2) is 40.5 Å². The summed E-state index contributed by atoms with van der Waals surface area (Å²) in [4.78, 5) is 27.6. The van der Waals surface area contributed by atoms with Crippen LogP contribution in [0.5, 0.6) is 0 Å². The summed E-state index contributed by atoms with van der Waals surface area (Å²) in [7, 11) is 0. The third kappa shape index (κ3) is 4.19. The molecule has 0 bridgehead atoms. The first-order valence-electron chi connectivity index (χ1n) is 10.7. The van der Waals surface area contributed by atoms with Gasteiger partial charge in [0.2, 0.25) is 5.91 Å². The van der Waals surface area contributed by atoms with Crippen LogP contribution in [0, 0.1) is 5.92 Å². The molecule has 2 heterocycles. The van der Waals surface area contributed by atoms with Crippen LogP contribution in [0.3, 0.4) is 0 Å². The van der Waals surface area contributed by atoms with Gasteiger partial charge < -0.3 is 14.7 Å². The summed E-state index contributed by atoms with van der Waals surface area (Å²) in [5.41, 5.74) is 0.380. The first kappa shape index (κ1) is 18.5. The lowest BCUT2D eigenvalue weighted by Crippen LogP contribution is -2.53. The van der Waals surface area contributed by atoms with Crippen LogP contribution in [0.2, 0.25) is 0 Å². The normalized spacial score (nSPS) is 26.8. The van der Waals surface area contributed by atoms with E-state index in [1.165, 1.54) is 19.3 Å². The molecule has 1 N–H and O–H groups in total. The van der Waals surface area contributed by atoms with Crippen molar-refractivity contribution in [3.63, 3.8) is 0 Å². The monoisotopic (exact) mass is 373 g/mol. The van der Waals surface area contributed by atoms with Crippen LogP contribution in [-0.2, 0) is 4.79 Å². The Kier molecular flexibility index (Phi) is 5.50.